The van der Waals surface area contributed by atoms with Gasteiger partial charge in [-0.1, -0.05) is 31.2 Å². The van der Waals surface area contributed by atoms with Gasteiger partial charge in [-0.05, 0) is 29.8 Å². The predicted molar refractivity (Wildman–Crippen MR) is 133 cm³/mol. The lowest BCUT2D eigenvalue weighted by Crippen LogP contribution is -2.41. The van der Waals surface area contributed by atoms with Crippen molar-refractivity contribution in [2.45, 2.75) is 24.3 Å². The Morgan fingerprint density at radius 1 is 1.08 bits per heavy atom. The van der Waals surface area contributed by atoms with Crippen molar-refractivity contribution in [3.05, 3.63) is 83.1 Å². The lowest BCUT2D eigenvalue weighted by molar-refractivity contribution is 0.577. The summed E-state index contributed by atoms with van der Waals surface area (Å²) in [5.41, 5.74) is 0.519. The standard InChI is InChI=1S/C23H23F2N5O4S2/c1-14(16-8-4-5-9-17(16)24)20-18(25)10-11-19-21(20)28-23(29-36(19,33)34)27-13-15-7-6-12-26-22(15)30(2)35(3,31)32/h4-12,14H,13H2,1-3H3,(H2,27,28,29)/t14-/m1/s1. The van der Waals surface area contributed by atoms with Gasteiger partial charge in [0.1, 0.15) is 22.3 Å². The molecule has 4 rings (SSSR count). The molecule has 2 N–H and O–H groups in total. The van der Waals surface area contributed by atoms with Gasteiger partial charge in [0.15, 0.2) is 0 Å². The minimum Gasteiger partial charge on any atom is -0.324 e. The topological polar surface area (TPSA) is 121 Å². The van der Waals surface area contributed by atoms with Gasteiger partial charge in [0.05, 0.1) is 18.5 Å². The molecule has 2 heterocycles. The van der Waals surface area contributed by atoms with Crippen LogP contribution in [0.1, 0.15) is 29.5 Å². The molecule has 0 saturated carbocycles. The van der Waals surface area contributed by atoms with E-state index in [9.17, 15) is 21.2 Å². The van der Waals surface area contributed by atoms with Gasteiger partial charge in [0.2, 0.25) is 16.0 Å². The van der Waals surface area contributed by atoms with Crippen LogP contribution in [0.4, 0.5) is 20.3 Å². The number of nitrogens with zero attached hydrogens (tertiary/aromatic N) is 3. The fourth-order valence-corrected chi connectivity index (χ4v) is 5.52. The molecule has 13 heteroatoms. The molecule has 0 fully saturated rings. The summed E-state index contributed by atoms with van der Waals surface area (Å²) >= 11 is 0. The van der Waals surface area contributed by atoms with Crippen LogP contribution in [0.2, 0.25) is 0 Å². The normalized spacial score (nSPS) is 16.5. The molecule has 36 heavy (non-hydrogen) atoms. The Hall–Kier alpha value is -3.58. The van der Waals surface area contributed by atoms with Gasteiger partial charge in [-0.15, -0.1) is 0 Å². The fourth-order valence-electron chi connectivity index (χ4n) is 3.89. The van der Waals surface area contributed by atoms with Crippen LogP contribution in [0.25, 0.3) is 0 Å². The maximum absolute atomic E-state index is 15.0. The first-order valence-electron chi connectivity index (χ1n) is 10.7. The van der Waals surface area contributed by atoms with E-state index in [-0.39, 0.29) is 40.0 Å². The van der Waals surface area contributed by atoms with Crippen LogP contribution in [-0.2, 0) is 26.6 Å². The predicted octanol–water partition coefficient (Wildman–Crippen LogP) is 3.17. The van der Waals surface area contributed by atoms with Crippen LogP contribution in [0.15, 0.2) is 64.6 Å². The molecule has 0 aliphatic carbocycles. The van der Waals surface area contributed by atoms with E-state index in [2.05, 4.69) is 20.0 Å². The van der Waals surface area contributed by atoms with E-state index in [0.29, 0.717) is 5.56 Å². The first kappa shape index (κ1) is 25.5. The summed E-state index contributed by atoms with van der Waals surface area (Å²) in [4.78, 5) is 8.14. The summed E-state index contributed by atoms with van der Waals surface area (Å²) in [6.07, 6.45) is 2.45. The highest BCUT2D eigenvalue weighted by Gasteiger charge is 2.32. The summed E-state index contributed by atoms with van der Waals surface area (Å²) in [7, 11) is -6.40. The van der Waals surface area contributed by atoms with Crippen molar-refractivity contribution in [3.63, 3.8) is 0 Å². The summed E-state index contributed by atoms with van der Waals surface area (Å²) in [6, 6.07) is 11.2. The van der Waals surface area contributed by atoms with Crippen LogP contribution in [0.3, 0.4) is 0 Å². The van der Waals surface area contributed by atoms with E-state index < -0.39 is 37.6 Å². The summed E-state index contributed by atoms with van der Waals surface area (Å²) in [5.74, 6) is -2.16. The lowest BCUT2D eigenvalue weighted by Gasteiger charge is -2.27. The maximum Gasteiger partial charge on any atom is 0.266 e. The average molecular weight is 536 g/mol. The molecule has 0 spiro atoms. The molecule has 1 aliphatic heterocycles. The average Bonchev–Trinajstić information content (AvgIpc) is 2.81. The van der Waals surface area contributed by atoms with Crippen molar-refractivity contribution in [1.82, 2.24) is 9.71 Å². The summed E-state index contributed by atoms with van der Waals surface area (Å²) in [5, 5.41) is 2.83. The van der Waals surface area contributed by atoms with Crippen molar-refractivity contribution < 1.29 is 25.6 Å². The number of anilines is 2. The van der Waals surface area contributed by atoms with Gasteiger partial charge in [-0.25, -0.2) is 40.3 Å². The second kappa shape index (κ2) is 9.47. The molecular formula is C23H23F2N5O4S2. The molecule has 0 saturated heterocycles. The quantitative estimate of drug-likeness (QED) is 0.500. The first-order chi connectivity index (χ1) is 16.9. The number of hydrogen-bond acceptors (Lipinski definition) is 6. The molecule has 1 aliphatic rings. The number of aromatic nitrogens is 1. The van der Waals surface area contributed by atoms with Crippen molar-refractivity contribution in [2.75, 3.05) is 22.9 Å². The van der Waals surface area contributed by atoms with Crippen molar-refractivity contribution in [1.29, 1.82) is 0 Å². The molecule has 190 valence electrons. The Morgan fingerprint density at radius 2 is 1.81 bits per heavy atom. The van der Waals surface area contributed by atoms with E-state index in [4.69, 9.17) is 0 Å². The third-order valence-corrected chi connectivity index (χ3v) is 8.34. The third-order valence-electron chi connectivity index (χ3n) is 5.79. The molecule has 0 unspecified atom stereocenters. The van der Waals surface area contributed by atoms with Crippen molar-refractivity contribution in [3.8, 4) is 0 Å². The molecule has 3 aromatic rings. The van der Waals surface area contributed by atoms with Crippen LogP contribution in [0, 0.1) is 11.6 Å². The second-order valence-corrected chi connectivity index (χ2v) is 11.9. The fraction of sp³-hybridized carbons (Fsp3) is 0.217. The highest BCUT2D eigenvalue weighted by molar-refractivity contribution is 7.92. The Kier molecular flexibility index (Phi) is 6.71. The van der Waals surface area contributed by atoms with Crippen LogP contribution >= 0.6 is 0 Å². The summed E-state index contributed by atoms with van der Waals surface area (Å²) in [6.45, 7) is 1.43. The van der Waals surface area contributed by atoms with Crippen molar-refractivity contribution >= 4 is 37.5 Å². The smallest absolute Gasteiger partial charge is 0.266 e. The van der Waals surface area contributed by atoms with Crippen LogP contribution < -0.4 is 14.3 Å². The van der Waals surface area contributed by atoms with E-state index in [0.717, 1.165) is 22.7 Å². The van der Waals surface area contributed by atoms with Crippen LogP contribution in [-0.4, -0.2) is 41.1 Å². The Labute approximate surface area is 208 Å². The molecule has 1 aromatic heterocycles. The van der Waals surface area contributed by atoms with Crippen LogP contribution in [0.5, 0.6) is 0 Å². The number of aliphatic imine (C=N–C) groups is 1. The van der Waals surface area contributed by atoms with Gasteiger partial charge >= 0.3 is 0 Å². The molecule has 9 nitrogen and oxygen atoms in total. The number of benzene rings is 2. The third kappa shape index (κ3) is 4.88. The largest absolute Gasteiger partial charge is 0.324 e. The number of hydrogen-bond donors (Lipinski definition) is 2. The highest BCUT2D eigenvalue weighted by Crippen LogP contribution is 2.38. The Bertz CT molecular complexity index is 1580. The molecule has 0 amide bonds. The highest BCUT2D eigenvalue weighted by atomic mass is 32.2. The van der Waals surface area contributed by atoms with Gasteiger partial charge in [-0.3, -0.25) is 4.31 Å². The number of sulfonamides is 2. The molecule has 2 aromatic carbocycles. The number of pyridine rings is 1. The van der Waals surface area contributed by atoms with Gasteiger partial charge in [0, 0.05) is 30.3 Å². The zero-order chi connectivity index (χ0) is 26.3. The summed E-state index contributed by atoms with van der Waals surface area (Å²) < 4.78 is 82.7. The van der Waals surface area contributed by atoms with Gasteiger partial charge in [0.25, 0.3) is 10.0 Å². The monoisotopic (exact) mass is 535 g/mol. The Balaban J connectivity index is 1.75. The number of nitrogens with one attached hydrogen (secondary N) is 2. The lowest BCUT2D eigenvalue weighted by atomic mass is 9.91. The number of rotatable bonds is 6. The molecule has 0 radical (unpaired) electrons. The minimum atomic E-state index is -4.14. The second-order valence-electron chi connectivity index (χ2n) is 8.19. The molecule has 1 atom stereocenters. The van der Waals surface area contributed by atoms with E-state index in [1.165, 1.54) is 31.4 Å². The first-order valence-corrected chi connectivity index (χ1v) is 14.0. The number of halogens is 2. The molecular weight excluding hydrogens is 512 g/mol. The number of guanidine groups is 1. The number of fused-ring (bicyclic) bond motifs is 1. The zero-order valence-electron chi connectivity index (χ0n) is 19.5. The molecule has 0 bridgehead atoms. The Morgan fingerprint density at radius 3 is 2.50 bits per heavy atom. The van der Waals surface area contributed by atoms with Crippen molar-refractivity contribution in [2.24, 2.45) is 4.99 Å². The van der Waals surface area contributed by atoms with E-state index in [1.807, 2.05) is 0 Å². The zero-order valence-corrected chi connectivity index (χ0v) is 21.2. The SMILES string of the molecule is C[C@H](c1ccccc1F)c1c(F)ccc2c1NC(=NCc1cccnc1N(C)S(C)(=O)=O)NS2(=O)=O. The van der Waals surface area contributed by atoms with Gasteiger partial charge < -0.3 is 5.32 Å². The van der Waals surface area contributed by atoms with Gasteiger partial charge in [-0.2, -0.15) is 0 Å². The minimum absolute atomic E-state index is 0.0331. The van der Waals surface area contributed by atoms with E-state index in [1.54, 1.807) is 25.1 Å². The van der Waals surface area contributed by atoms with E-state index >= 15 is 4.39 Å². The maximum atomic E-state index is 15.0.